The van der Waals surface area contributed by atoms with Crippen LogP contribution in [0.1, 0.15) is 34.3 Å². The Kier molecular flexibility index (Phi) is 3.45. The molecule has 2 heterocycles. The number of aromatic nitrogens is 2. The monoisotopic (exact) mass is 317 g/mol. The zero-order chi connectivity index (χ0) is 16.7. The second kappa shape index (κ2) is 5.64. The van der Waals surface area contributed by atoms with Crippen molar-refractivity contribution in [2.75, 3.05) is 11.4 Å². The van der Waals surface area contributed by atoms with Crippen LogP contribution in [0.4, 0.5) is 5.69 Å². The number of carbonyl (C=O) groups excluding carboxylic acids is 1. The Labute approximate surface area is 141 Å². The molecule has 0 fully saturated rings. The average Bonchev–Trinajstić information content (AvgIpc) is 3.19. The lowest BCUT2D eigenvalue weighted by Gasteiger charge is -2.17. The quantitative estimate of drug-likeness (QED) is 0.718. The van der Waals surface area contributed by atoms with Gasteiger partial charge < -0.3 is 4.90 Å². The van der Waals surface area contributed by atoms with Crippen LogP contribution in [0.2, 0.25) is 0 Å². The van der Waals surface area contributed by atoms with Crippen molar-refractivity contribution in [3.05, 3.63) is 77.6 Å². The van der Waals surface area contributed by atoms with E-state index in [1.165, 1.54) is 5.56 Å². The molecule has 0 radical (unpaired) electrons. The molecular formula is C20H19N3O. The molecule has 1 aliphatic rings. The first-order valence-corrected chi connectivity index (χ1v) is 8.16. The van der Waals surface area contributed by atoms with Gasteiger partial charge in [0.2, 0.25) is 0 Å². The maximum atomic E-state index is 12.9. The van der Waals surface area contributed by atoms with Crippen molar-refractivity contribution in [2.24, 2.45) is 0 Å². The highest BCUT2D eigenvalue weighted by molar-refractivity contribution is 6.07. The van der Waals surface area contributed by atoms with Gasteiger partial charge in [-0.05, 0) is 48.4 Å². The highest BCUT2D eigenvalue weighted by Crippen LogP contribution is 2.36. The van der Waals surface area contributed by atoms with Gasteiger partial charge in [0.1, 0.15) is 0 Å². The van der Waals surface area contributed by atoms with E-state index in [9.17, 15) is 4.79 Å². The molecule has 0 aliphatic carbocycles. The molecule has 0 spiro atoms. The van der Waals surface area contributed by atoms with Crippen LogP contribution in [0.15, 0.2) is 60.9 Å². The number of rotatable bonds is 2. The molecule has 3 aromatic rings. The largest absolute Gasteiger partial charge is 0.307 e. The number of nitrogens with zero attached hydrogens (tertiary/aromatic N) is 3. The second-order valence-electron chi connectivity index (χ2n) is 6.38. The standard InChI is InChI=1S/C20H19N3O/c1-14-11-21-23(12-14)17-9-7-16(8-10-17)20(24)22-13-15(2)18-5-3-4-6-19(18)22/h3-12,15H,13H2,1-2H3/t15-/m0/s1. The van der Waals surface area contributed by atoms with Crippen LogP contribution in [0, 0.1) is 6.92 Å². The average molecular weight is 317 g/mol. The molecule has 2 aromatic carbocycles. The normalized spacial score (nSPS) is 16.2. The van der Waals surface area contributed by atoms with Crippen LogP contribution in [0.3, 0.4) is 0 Å². The molecule has 4 heteroatoms. The molecule has 4 rings (SSSR count). The van der Waals surface area contributed by atoms with Gasteiger partial charge in [0, 0.05) is 29.9 Å². The summed E-state index contributed by atoms with van der Waals surface area (Å²) in [6, 6.07) is 15.8. The summed E-state index contributed by atoms with van der Waals surface area (Å²) >= 11 is 0. The lowest BCUT2D eigenvalue weighted by atomic mass is 10.0. The van der Waals surface area contributed by atoms with E-state index >= 15 is 0 Å². The fraction of sp³-hybridized carbons (Fsp3) is 0.200. The molecule has 1 aliphatic heterocycles. The molecule has 1 aromatic heterocycles. The number of benzene rings is 2. The molecular weight excluding hydrogens is 298 g/mol. The Morgan fingerprint density at radius 2 is 1.88 bits per heavy atom. The highest BCUT2D eigenvalue weighted by Gasteiger charge is 2.29. The molecule has 24 heavy (non-hydrogen) atoms. The number of amides is 1. The van der Waals surface area contributed by atoms with Crippen LogP contribution in [-0.4, -0.2) is 22.2 Å². The Morgan fingerprint density at radius 3 is 2.58 bits per heavy atom. The van der Waals surface area contributed by atoms with Gasteiger partial charge in [0.25, 0.3) is 5.91 Å². The SMILES string of the molecule is Cc1cnn(-c2ccc(C(=O)N3C[C@H](C)c4ccccc43)cc2)c1. The predicted octanol–water partition coefficient (Wildman–Crippen LogP) is 3.94. The molecule has 1 atom stereocenters. The predicted molar refractivity (Wildman–Crippen MR) is 94.8 cm³/mol. The van der Waals surface area contributed by atoms with Crippen molar-refractivity contribution >= 4 is 11.6 Å². The maximum Gasteiger partial charge on any atom is 0.258 e. The number of hydrogen-bond donors (Lipinski definition) is 0. The minimum atomic E-state index is 0.0509. The molecule has 120 valence electrons. The van der Waals surface area contributed by atoms with E-state index in [2.05, 4.69) is 18.1 Å². The van der Waals surface area contributed by atoms with Gasteiger partial charge in [-0.25, -0.2) is 4.68 Å². The number of para-hydroxylation sites is 1. The van der Waals surface area contributed by atoms with Crippen molar-refractivity contribution in [3.8, 4) is 5.69 Å². The van der Waals surface area contributed by atoms with Gasteiger partial charge in [0.15, 0.2) is 0 Å². The van der Waals surface area contributed by atoms with Crippen LogP contribution in [0.25, 0.3) is 5.69 Å². The molecule has 4 nitrogen and oxygen atoms in total. The topological polar surface area (TPSA) is 38.1 Å². The smallest absolute Gasteiger partial charge is 0.258 e. The maximum absolute atomic E-state index is 12.9. The lowest BCUT2D eigenvalue weighted by Crippen LogP contribution is -2.29. The Balaban J connectivity index is 1.62. The zero-order valence-electron chi connectivity index (χ0n) is 13.8. The number of aryl methyl sites for hydroxylation is 1. The highest BCUT2D eigenvalue weighted by atomic mass is 16.2. The molecule has 0 unspecified atom stereocenters. The summed E-state index contributed by atoms with van der Waals surface area (Å²) in [4.78, 5) is 14.8. The molecule has 1 amide bonds. The van der Waals surface area contributed by atoms with Crippen molar-refractivity contribution in [1.82, 2.24) is 9.78 Å². The van der Waals surface area contributed by atoms with Crippen LogP contribution in [0.5, 0.6) is 0 Å². The number of fused-ring (bicyclic) bond motifs is 1. The third-order valence-electron chi connectivity index (χ3n) is 4.55. The lowest BCUT2D eigenvalue weighted by molar-refractivity contribution is 0.0988. The van der Waals surface area contributed by atoms with Gasteiger partial charge in [-0.15, -0.1) is 0 Å². The minimum Gasteiger partial charge on any atom is -0.307 e. The first kappa shape index (κ1) is 14.7. The molecule has 0 N–H and O–H groups in total. The van der Waals surface area contributed by atoms with E-state index in [4.69, 9.17) is 0 Å². The minimum absolute atomic E-state index is 0.0509. The molecule has 0 saturated carbocycles. The number of hydrogen-bond acceptors (Lipinski definition) is 2. The van der Waals surface area contributed by atoms with Crippen molar-refractivity contribution in [3.63, 3.8) is 0 Å². The fourth-order valence-corrected chi connectivity index (χ4v) is 3.28. The summed E-state index contributed by atoms with van der Waals surface area (Å²) in [7, 11) is 0. The molecule has 0 saturated heterocycles. The number of anilines is 1. The van der Waals surface area contributed by atoms with Gasteiger partial charge >= 0.3 is 0 Å². The van der Waals surface area contributed by atoms with Crippen molar-refractivity contribution < 1.29 is 4.79 Å². The van der Waals surface area contributed by atoms with E-state index in [-0.39, 0.29) is 5.91 Å². The second-order valence-corrected chi connectivity index (χ2v) is 6.38. The summed E-state index contributed by atoms with van der Waals surface area (Å²) in [5, 5.41) is 4.30. The third-order valence-corrected chi connectivity index (χ3v) is 4.55. The van der Waals surface area contributed by atoms with E-state index in [1.54, 1.807) is 0 Å². The van der Waals surface area contributed by atoms with Crippen molar-refractivity contribution in [1.29, 1.82) is 0 Å². The van der Waals surface area contributed by atoms with E-state index in [0.717, 1.165) is 23.5 Å². The van der Waals surface area contributed by atoms with Crippen LogP contribution < -0.4 is 4.90 Å². The Hall–Kier alpha value is -2.88. The molecule has 0 bridgehead atoms. The number of carbonyl (C=O) groups is 1. The first-order valence-electron chi connectivity index (χ1n) is 8.16. The van der Waals surface area contributed by atoms with Gasteiger partial charge in [0.05, 0.1) is 11.9 Å². The summed E-state index contributed by atoms with van der Waals surface area (Å²) in [5.74, 6) is 0.423. The summed E-state index contributed by atoms with van der Waals surface area (Å²) < 4.78 is 1.82. The van der Waals surface area contributed by atoms with E-state index in [1.807, 2.05) is 71.4 Å². The van der Waals surface area contributed by atoms with E-state index < -0.39 is 0 Å². The van der Waals surface area contributed by atoms with Gasteiger partial charge in [-0.1, -0.05) is 25.1 Å². The fourth-order valence-electron chi connectivity index (χ4n) is 3.28. The van der Waals surface area contributed by atoms with Crippen LogP contribution >= 0.6 is 0 Å². The Bertz CT molecular complexity index is 895. The summed E-state index contributed by atoms with van der Waals surface area (Å²) in [6.07, 6.45) is 3.79. The zero-order valence-corrected chi connectivity index (χ0v) is 13.8. The van der Waals surface area contributed by atoms with Crippen LogP contribution in [-0.2, 0) is 0 Å². The van der Waals surface area contributed by atoms with Gasteiger partial charge in [-0.2, -0.15) is 5.10 Å². The summed E-state index contributed by atoms with van der Waals surface area (Å²) in [6.45, 7) is 4.90. The first-order chi connectivity index (χ1) is 11.6. The third kappa shape index (κ3) is 2.40. The van der Waals surface area contributed by atoms with E-state index in [0.29, 0.717) is 11.5 Å². The van der Waals surface area contributed by atoms with Crippen molar-refractivity contribution in [2.45, 2.75) is 19.8 Å². The van der Waals surface area contributed by atoms with Gasteiger partial charge in [-0.3, -0.25) is 4.79 Å². The summed E-state index contributed by atoms with van der Waals surface area (Å²) in [5.41, 5.74) is 5.04. The Morgan fingerprint density at radius 1 is 1.12 bits per heavy atom.